The second kappa shape index (κ2) is 6.65. The van der Waals surface area contributed by atoms with Crippen LogP contribution in [0, 0.1) is 27.2 Å². The average molecular weight is 356 g/mol. The number of nitro benzene ring substituents is 2. The molecular formula is C16H12N4O4S. The summed E-state index contributed by atoms with van der Waals surface area (Å²) in [6.07, 6.45) is 0. The van der Waals surface area contributed by atoms with E-state index in [2.05, 4.69) is 10.3 Å². The summed E-state index contributed by atoms with van der Waals surface area (Å²) in [5, 5.41) is 27.2. The van der Waals surface area contributed by atoms with E-state index in [1.165, 1.54) is 29.5 Å². The van der Waals surface area contributed by atoms with Gasteiger partial charge in [-0.15, -0.1) is 11.3 Å². The lowest BCUT2D eigenvalue weighted by Gasteiger charge is -2.02. The Morgan fingerprint density at radius 3 is 2.60 bits per heavy atom. The fourth-order valence-electron chi connectivity index (χ4n) is 2.25. The average Bonchev–Trinajstić information content (AvgIpc) is 3.03. The minimum Gasteiger partial charge on any atom is -0.331 e. The number of anilines is 2. The van der Waals surface area contributed by atoms with Crippen LogP contribution in [0.3, 0.4) is 0 Å². The van der Waals surface area contributed by atoms with Crippen molar-refractivity contribution in [3.8, 4) is 11.3 Å². The summed E-state index contributed by atoms with van der Waals surface area (Å²) in [4.78, 5) is 25.4. The summed E-state index contributed by atoms with van der Waals surface area (Å²) in [6, 6.07) is 11.0. The Morgan fingerprint density at radius 1 is 1.08 bits per heavy atom. The van der Waals surface area contributed by atoms with Gasteiger partial charge in [0.05, 0.1) is 15.5 Å². The highest BCUT2D eigenvalue weighted by Gasteiger charge is 2.14. The maximum Gasteiger partial charge on any atom is 0.272 e. The van der Waals surface area contributed by atoms with Crippen LogP contribution in [0.1, 0.15) is 5.56 Å². The molecule has 0 saturated carbocycles. The summed E-state index contributed by atoms with van der Waals surface area (Å²) >= 11 is 1.31. The molecule has 9 heteroatoms. The molecule has 1 N–H and O–H groups in total. The van der Waals surface area contributed by atoms with Crippen molar-refractivity contribution in [2.24, 2.45) is 0 Å². The van der Waals surface area contributed by atoms with Gasteiger partial charge in [-0.3, -0.25) is 20.2 Å². The van der Waals surface area contributed by atoms with Crippen LogP contribution >= 0.6 is 11.3 Å². The van der Waals surface area contributed by atoms with Crippen molar-refractivity contribution in [1.82, 2.24) is 4.98 Å². The summed E-state index contributed by atoms with van der Waals surface area (Å²) in [7, 11) is 0. The van der Waals surface area contributed by atoms with E-state index in [1.807, 2.05) is 0 Å². The molecule has 0 amide bonds. The van der Waals surface area contributed by atoms with Crippen molar-refractivity contribution in [1.29, 1.82) is 0 Å². The highest BCUT2D eigenvalue weighted by Crippen LogP contribution is 2.31. The van der Waals surface area contributed by atoms with Gasteiger partial charge in [0.1, 0.15) is 0 Å². The molecule has 126 valence electrons. The number of aryl methyl sites for hydroxylation is 1. The number of nitrogens with one attached hydrogen (secondary N) is 1. The number of thiazole rings is 1. The molecule has 0 bridgehead atoms. The van der Waals surface area contributed by atoms with Gasteiger partial charge < -0.3 is 5.32 Å². The molecule has 0 aliphatic carbocycles. The predicted octanol–water partition coefficient (Wildman–Crippen LogP) is 4.68. The minimum atomic E-state index is -0.468. The van der Waals surface area contributed by atoms with E-state index in [0.717, 1.165) is 0 Å². The number of aromatic nitrogens is 1. The summed E-state index contributed by atoms with van der Waals surface area (Å²) < 4.78 is 0. The number of hydrogen-bond acceptors (Lipinski definition) is 7. The molecule has 25 heavy (non-hydrogen) atoms. The molecule has 8 nitrogen and oxygen atoms in total. The monoisotopic (exact) mass is 356 g/mol. The highest BCUT2D eigenvalue weighted by atomic mass is 32.1. The molecule has 0 atom stereocenters. The Hall–Kier alpha value is -3.33. The number of nitro groups is 2. The largest absolute Gasteiger partial charge is 0.331 e. The number of nitrogens with zero attached hydrogens (tertiary/aromatic N) is 3. The van der Waals surface area contributed by atoms with Crippen molar-refractivity contribution < 1.29 is 9.85 Å². The highest BCUT2D eigenvalue weighted by molar-refractivity contribution is 7.14. The quantitative estimate of drug-likeness (QED) is 0.525. The first-order chi connectivity index (χ1) is 11.9. The standard InChI is InChI=1S/C16H12N4O4S/c1-10-5-6-11(7-15(10)20(23)24)14-9-25-16(18-14)17-12-3-2-4-13(8-12)19(21)22/h2-9H,1H3,(H,17,18). The van der Waals surface area contributed by atoms with Gasteiger partial charge in [-0.25, -0.2) is 4.98 Å². The molecule has 0 spiro atoms. The summed E-state index contributed by atoms with van der Waals surface area (Å²) in [6.45, 7) is 1.68. The van der Waals surface area contributed by atoms with Gasteiger partial charge in [0, 0.05) is 40.4 Å². The van der Waals surface area contributed by atoms with Crippen LogP contribution in [0.5, 0.6) is 0 Å². The van der Waals surface area contributed by atoms with Crippen molar-refractivity contribution in [2.75, 3.05) is 5.32 Å². The normalized spacial score (nSPS) is 10.4. The number of benzene rings is 2. The SMILES string of the molecule is Cc1ccc(-c2csc(Nc3cccc([N+](=O)[O-])c3)n2)cc1[N+](=O)[O-]. The molecule has 0 aliphatic rings. The second-order valence-electron chi connectivity index (χ2n) is 5.23. The van der Waals surface area contributed by atoms with Crippen LogP contribution < -0.4 is 5.32 Å². The Bertz CT molecular complexity index is 970. The Kier molecular flexibility index (Phi) is 4.40. The third-order valence-corrected chi connectivity index (χ3v) is 4.27. The zero-order valence-electron chi connectivity index (χ0n) is 13.0. The van der Waals surface area contributed by atoms with Gasteiger partial charge in [0.15, 0.2) is 5.13 Å². The summed E-state index contributed by atoms with van der Waals surface area (Å²) in [5.74, 6) is 0. The lowest BCUT2D eigenvalue weighted by Crippen LogP contribution is -1.93. The molecule has 0 radical (unpaired) electrons. The van der Waals surface area contributed by atoms with E-state index >= 15 is 0 Å². The van der Waals surface area contributed by atoms with Gasteiger partial charge >= 0.3 is 0 Å². The Morgan fingerprint density at radius 2 is 1.88 bits per heavy atom. The fourth-order valence-corrected chi connectivity index (χ4v) is 2.99. The first kappa shape index (κ1) is 16.5. The molecule has 0 aliphatic heterocycles. The van der Waals surface area contributed by atoms with Crippen molar-refractivity contribution in [2.45, 2.75) is 6.92 Å². The molecule has 2 aromatic carbocycles. The number of hydrogen-bond donors (Lipinski definition) is 1. The maximum absolute atomic E-state index is 11.1. The first-order valence-electron chi connectivity index (χ1n) is 7.16. The van der Waals surface area contributed by atoms with Crippen LogP contribution in [-0.4, -0.2) is 14.8 Å². The molecule has 0 unspecified atom stereocenters. The molecule has 1 aromatic heterocycles. The lowest BCUT2D eigenvalue weighted by molar-refractivity contribution is -0.385. The molecular weight excluding hydrogens is 344 g/mol. The zero-order valence-corrected chi connectivity index (χ0v) is 13.8. The molecule has 3 aromatic rings. The first-order valence-corrected chi connectivity index (χ1v) is 8.04. The van der Waals surface area contributed by atoms with Gasteiger partial charge in [-0.1, -0.05) is 18.2 Å². The number of non-ortho nitro benzene ring substituents is 1. The van der Waals surface area contributed by atoms with Crippen molar-refractivity contribution in [3.63, 3.8) is 0 Å². The molecule has 0 saturated heterocycles. The van der Waals surface area contributed by atoms with E-state index < -0.39 is 9.85 Å². The summed E-state index contributed by atoms with van der Waals surface area (Å²) in [5.41, 5.74) is 2.39. The van der Waals surface area contributed by atoms with Gasteiger partial charge in [-0.05, 0) is 13.0 Å². The van der Waals surface area contributed by atoms with Gasteiger partial charge in [0.25, 0.3) is 11.4 Å². The third kappa shape index (κ3) is 3.61. The van der Waals surface area contributed by atoms with E-state index in [0.29, 0.717) is 27.6 Å². The van der Waals surface area contributed by atoms with Crippen molar-refractivity contribution >= 4 is 33.5 Å². The number of rotatable bonds is 5. The topological polar surface area (TPSA) is 111 Å². The second-order valence-corrected chi connectivity index (χ2v) is 6.09. The van der Waals surface area contributed by atoms with Crippen LogP contribution in [0.15, 0.2) is 47.8 Å². The molecule has 1 heterocycles. The van der Waals surface area contributed by atoms with Crippen LogP contribution in [0.25, 0.3) is 11.3 Å². The minimum absolute atomic E-state index is 0.0176. The van der Waals surface area contributed by atoms with Gasteiger partial charge in [-0.2, -0.15) is 0 Å². The van der Waals surface area contributed by atoms with E-state index in [9.17, 15) is 20.2 Å². The fraction of sp³-hybridized carbons (Fsp3) is 0.0625. The van der Waals surface area contributed by atoms with E-state index in [-0.39, 0.29) is 11.4 Å². The Balaban J connectivity index is 1.86. The predicted molar refractivity (Wildman–Crippen MR) is 95.3 cm³/mol. The zero-order chi connectivity index (χ0) is 18.0. The van der Waals surface area contributed by atoms with Crippen LogP contribution in [0.4, 0.5) is 22.2 Å². The van der Waals surface area contributed by atoms with Crippen molar-refractivity contribution in [3.05, 3.63) is 73.6 Å². The van der Waals surface area contributed by atoms with Gasteiger partial charge in [0.2, 0.25) is 0 Å². The third-order valence-electron chi connectivity index (χ3n) is 3.51. The van der Waals surface area contributed by atoms with Crippen LogP contribution in [0.2, 0.25) is 0 Å². The van der Waals surface area contributed by atoms with E-state index in [1.54, 1.807) is 36.6 Å². The Labute approximate surface area is 146 Å². The van der Waals surface area contributed by atoms with E-state index in [4.69, 9.17) is 0 Å². The van der Waals surface area contributed by atoms with Crippen LogP contribution in [-0.2, 0) is 0 Å². The molecule has 3 rings (SSSR count). The molecule has 0 fully saturated rings. The maximum atomic E-state index is 11.1. The lowest BCUT2D eigenvalue weighted by atomic mass is 10.1. The smallest absolute Gasteiger partial charge is 0.272 e.